The minimum Gasteiger partial charge on any atom is -0.308 e. The van der Waals surface area contributed by atoms with Crippen LogP contribution >= 0.6 is 11.6 Å². The van der Waals surface area contributed by atoms with Crippen LogP contribution in [0.4, 0.5) is 10.5 Å². The lowest BCUT2D eigenvalue weighted by atomic mass is 10.3. The summed E-state index contributed by atoms with van der Waals surface area (Å²) in [6, 6.07) is 14.5. The fourth-order valence-corrected chi connectivity index (χ4v) is 4.89. The number of urea groups is 1. The van der Waals surface area contributed by atoms with Crippen molar-refractivity contribution in [2.24, 2.45) is 0 Å². The molecule has 0 aliphatic carbocycles. The van der Waals surface area contributed by atoms with Crippen LogP contribution in [0.25, 0.3) is 0 Å². The molecular formula is C19H21ClN4O4S. The number of halogens is 1. The van der Waals surface area contributed by atoms with Gasteiger partial charge in [-0.1, -0.05) is 41.9 Å². The molecule has 29 heavy (non-hydrogen) atoms. The summed E-state index contributed by atoms with van der Waals surface area (Å²) in [4.78, 5) is 25.8. The van der Waals surface area contributed by atoms with Crippen molar-refractivity contribution < 1.29 is 18.0 Å². The maximum Gasteiger partial charge on any atom is 0.325 e. The van der Waals surface area contributed by atoms with E-state index >= 15 is 0 Å². The van der Waals surface area contributed by atoms with E-state index in [9.17, 15) is 18.0 Å². The molecule has 3 rings (SSSR count). The molecule has 0 radical (unpaired) electrons. The molecule has 10 heteroatoms. The Morgan fingerprint density at radius 2 is 1.55 bits per heavy atom. The van der Waals surface area contributed by atoms with E-state index in [1.54, 1.807) is 41.3 Å². The van der Waals surface area contributed by atoms with Crippen LogP contribution in [-0.4, -0.2) is 62.3 Å². The first-order valence-corrected chi connectivity index (χ1v) is 10.8. The molecule has 2 aromatic rings. The second kappa shape index (κ2) is 9.36. The highest BCUT2D eigenvalue weighted by molar-refractivity contribution is 7.89. The molecule has 1 heterocycles. The van der Waals surface area contributed by atoms with Gasteiger partial charge in [-0.2, -0.15) is 4.31 Å². The van der Waals surface area contributed by atoms with Gasteiger partial charge < -0.3 is 5.32 Å². The highest BCUT2D eigenvalue weighted by Gasteiger charge is 2.30. The van der Waals surface area contributed by atoms with Gasteiger partial charge in [-0.25, -0.2) is 13.2 Å². The van der Waals surface area contributed by atoms with Gasteiger partial charge in [-0.15, -0.1) is 0 Å². The van der Waals surface area contributed by atoms with Crippen LogP contribution < -0.4 is 10.6 Å². The fraction of sp³-hybridized carbons (Fsp3) is 0.263. The van der Waals surface area contributed by atoms with Gasteiger partial charge in [0.15, 0.2) is 0 Å². The molecule has 1 aliphatic heterocycles. The number of carbonyl (C=O) groups excluding carboxylic acids is 2. The number of benzene rings is 2. The Labute approximate surface area is 174 Å². The van der Waals surface area contributed by atoms with Gasteiger partial charge in [0.1, 0.15) is 4.90 Å². The Morgan fingerprint density at radius 1 is 0.931 bits per heavy atom. The van der Waals surface area contributed by atoms with E-state index in [1.807, 2.05) is 6.07 Å². The number of piperazine rings is 1. The number of nitrogens with zero attached hydrogens (tertiary/aromatic N) is 2. The predicted molar refractivity (Wildman–Crippen MR) is 110 cm³/mol. The van der Waals surface area contributed by atoms with Crippen LogP contribution in [0.1, 0.15) is 0 Å². The summed E-state index contributed by atoms with van der Waals surface area (Å²) >= 11 is 6.02. The SMILES string of the molecule is O=C(CN1CCN(S(=O)(=O)c2ccccc2Cl)CC1)NC(=O)Nc1ccccc1. The van der Waals surface area contributed by atoms with E-state index in [0.717, 1.165) is 0 Å². The van der Waals surface area contributed by atoms with Crippen molar-refractivity contribution >= 4 is 39.2 Å². The monoisotopic (exact) mass is 436 g/mol. The zero-order valence-electron chi connectivity index (χ0n) is 15.5. The molecule has 2 aromatic carbocycles. The summed E-state index contributed by atoms with van der Waals surface area (Å²) in [5, 5.41) is 5.02. The first-order chi connectivity index (χ1) is 13.9. The van der Waals surface area contributed by atoms with Gasteiger partial charge in [0.2, 0.25) is 15.9 Å². The van der Waals surface area contributed by atoms with Crippen molar-refractivity contribution in [2.75, 3.05) is 38.0 Å². The standard InChI is InChI=1S/C19H21ClN4O4S/c20-16-8-4-5-9-17(16)29(27,28)24-12-10-23(11-13-24)14-18(25)22-19(26)21-15-6-2-1-3-7-15/h1-9H,10-14H2,(H2,21,22,25,26). The van der Waals surface area contributed by atoms with Crippen LogP contribution in [0, 0.1) is 0 Å². The Morgan fingerprint density at radius 3 is 2.21 bits per heavy atom. The number of hydrogen-bond donors (Lipinski definition) is 2. The first-order valence-electron chi connectivity index (χ1n) is 8.99. The number of para-hydroxylation sites is 1. The second-order valence-electron chi connectivity index (χ2n) is 6.48. The maximum atomic E-state index is 12.7. The molecule has 154 valence electrons. The molecule has 3 amide bonds. The molecule has 0 bridgehead atoms. The lowest BCUT2D eigenvalue weighted by molar-refractivity contribution is -0.121. The van der Waals surface area contributed by atoms with Crippen LogP contribution in [0.2, 0.25) is 5.02 Å². The van der Waals surface area contributed by atoms with E-state index < -0.39 is 22.0 Å². The number of amides is 3. The average Bonchev–Trinajstić information content (AvgIpc) is 2.69. The first kappa shape index (κ1) is 21.3. The van der Waals surface area contributed by atoms with Crippen LogP contribution in [0.5, 0.6) is 0 Å². The third-order valence-electron chi connectivity index (χ3n) is 4.44. The summed E-state index contributed by atoms with van der Waals surface area (Å²) in [5.41, 5.74) is 0.580. The molecule has 0 atom stereocenters. The lowest BCUT2D eigenvalue weighted by Crippen LogP contribution is -2.51. The lowest BCUT2D eigenvalue weighted by Gasteiger charge is -2.33. The number of nitrogens with one attached hydrogen (secondary N) is 2. The molecule has 0 spiro atoms. The summed E-state index contributed by atoms with van der Waals surface area (Å²) in [6.45, 7) is 1.21. The van der Waals surface area contributed by atoms with E-state index in [1.165, 1.54) is 16.4 Å². The van der Waals surface area contributed by atoms with E-state index in [4.69, 9.17) is 11.6 Å². The second-order valence-corrected chi connectivity index (χ2v) is 8.79. The highest BCUT2D eigenvalue weighted by atomic mass is 35.5. The predicted octanol–water partition coefficient (Wildman–Crippen LogP) is 1.99. The van der Waals surface area contributed by atoms with Gasteiger partial charge in [0.05, 0.1) is 11.6 Å². The van der Waals surface area contributed by atoms with Gasteiger partial charge in [-0.05, 0) is 24.3 Å². The number of carbonyl (C=O) groups is 2. The van der Waals surface area contributed by atoms with Crippen molar-refractivity contribution in [2.45, 2.75) is 4.90 Å². The van der Waals surface area contributed by atoms with Crippen molar-refractivity contribution in [1.29, 1.82) is 0 Å². The third-order valence-corrected chi connectivity index (χ3v) is 6.84. The fourth-order valence-electron chi connectivity index (χ4n) is 2.97. The largest absolute Gasteiger partial charge is 0.325 e. The molecule has 8 nitrogen and oxygen atoms in total. The van der Waals surface area contributed by atoms with Crippen LogP contribution in [-0.2, 0) is 14.8 Å². The Balaban J connectivity index is 1.49. The Kier molecular flexibility index (Phi) is 6.86. The number of imide groups is 1. The number of hydrogen-bond acceptors (Lipinski definition) is 5. The topological polar surface area (TPSA) is 98.8 Å². The third kappa shape index (κ3) is 5.54. The van der Waals surface area contributed by atoms with Gasteiger partial charge in [-0.3, -0.25) is 15.0 Å². The molecule has 1 fully saturated rings. The normalized spacial score (nSPS) is 15.6. The smallest absolute Gasteiger partial charge is 0.308 e. The number of sulfonamides is 1. The minimum atomic E-state index is -3.69. The van der Waals surface area contributed by atoms with Crippen molar-refractivity contribution in [3.63, 3.8) is 0 Å². The minimum absolute atomic E-state index is 0.00217. The van der Waals surface area contributed by atoms with Crippen molar-refractivity contribution in [3.05, 3.63) is 59.6 Å². The summed E-state index contributed by atoms with van der Waals surface area (Å²) in [5.74, 6) is -0.458. The molecule has 0 saturated carbocycles. The van der Waals surface area contributed by atoms with Gasteiger partial charge >= 0.3 is 6.03 Å². The zero-order chi connectivity index (χ0) is 20.9. The summed E-state index contributed by atoms with van der Waals surface area (Å²) in [6.07, 6.45) is 0. The average molecular weight is 437 g/mol. The van der Waals surface area contributed by atoms with E-state index in [-0.39, 0.29) is 29.6 Å². The van der Waals surface area contributed by atoms with Gasteiger partial charge in [0, 0.05) is 31.9 Å². The quantitative estimate of drug-likeness (QED) is 0.746. The molecule has 0 aromatic heterocycles. The van der Waals surface area contributed by atoms with E-state index in [2.05, 4.69) is 10.6 Å². The molecular weight excluding hydrogens is 416 g/mol. The molecule has 0 unspecified atom stereocenters. The van der Waals surface area contributed by atoms with E-state index in [0.29, 0.717) is 18.8 Å². The Hall–Kier alpha value is -2.46. The number of rotatable bonds is 5. The maximum absolute atomic E-state index is 12.7. The van der Waals surface area contributed by atoms with Gasteiger partial charge in [0.25, 0.3) is 0 Å². The molecule has 2 N–H and O–H groups in total. The zero-order valence-corrected chi connectivity index (χ0v) is 17.1. The van der Waals surface area contributed by atoms with Crippen LogP contribution in [0.15, 0.2) is 59.5 Å². The van der Waals surface area contributed by atoms with Crippen molar-refractivity contribution in [3.8, 4) is 0 Å². The molecule has 1 aliphatic rings. The summed E-state index contributed by atoms with van der Waals surface area (Å²) in [7, 11) is -3.69. The van der Waals surface area contributed by atoms with Crippen molar-refractivity contribution in [1.82, 2.24) is 14.5 Å². The highest BCUT2D eigenvalue weighted by Crippen LogP contribution is 2.24. The Bertz CT molecular complexity index is 977. The number of anilines is 1. The summed E-state index contributed by atoms with van der Waals surface area (Å²) < 4.78 is 26.8. The molecule has 1 saturated heterocycles. The van der Waals surface area contributed by atoms with Crippen LogP contribution in [0.3, 0.4) is 0 Å².